The molecule has 0 N–H and O–H groups in total. The molecule has 4 aromatic carbocycles. The summed E-state index contributed by atoms with van der Waals surface area (Å²) in [6, 6.07) is 28.5. The van der Waals surface area contributed by atoms with Gasteiger partial charge in [-0.3, -0.25) is 14.4 Å². The van der Waals surface area contributed by atoms with Gasteiger partial charge in [-0.1, -0.05) is 78.4 Å². The first kappa shape index (κ1) is 22.9. The average molecular weight is 476 g/mol. The average Bonchev–Trinajstić information content (AvgIpc) is 3.17. The summed E-state index contributed by atoms with van der Waals surface area (Å²) in [5, 5.41) is 0. The van der Waals surface area contributed by atoms with E-state index in [2.05, 4.69) is 0 Å². The molecule has 5 rings (SSSR count). The summed E-state index contributed by atoms with van der Waals surface area (Å²) in [5.74, 6) is -2.02. The minimum Gasteiger partial charge on any atom is -0.445 e. The molecule has 1 atom stereocenters. The molecule has 0 aliphatic carbocycles. The van der Waals surface area contributed by atoms with Crippen molar-refractivity contribution < 1.29 is 23.9 Å². The van der Waals surface area contributed by atoms with Crippen LogP contribution in [0.15, 0.2) is 103 Å². The Balaban J connectivity index is 1.44. The lowest BCUT2D eigenvalue weighted by atomic mass is 9.99. The summed E-state index contributed by atoms with van der Waals surface area (Å²) in [5.41, 5.74) is 2.94. The molecule has 0 radical (unpaired) electrons. The molecule has 0 spiro atoms. The van der Waals surface area contributed by atoms with Gasteiger partial charge in [-0.2, -0.15) is 0 Å². The van der Waals surface area contributed by atoms with Crippen LogP contribution in [0.2, 0.25) is 0 Å². The highest BCUT2D eigenvalue weighted by Gasteiger charge is 2.36. The fraction of sp³-hybridized carbons (Fsp3) is 0.0667. The van der Waals surface area contributed by atoms with Gasteiger partial charge in [0, 0.05) is 11.1 Å². The zero-order valence-corrected chi connectivity index (χ0v) is 19.4. The van der Waals surface area contributed by atoms with E-state index in [1.54, 1.807) is 72.8 Å². The Bertz CT molecular complexity index is 1460. The van der Waals surface area contributed by atoms with Crippen molar-refractivity contribution >= 4 is 29.3 Å². The molecule has 6 nitrogen and oxygen atoms in total. The van der Waals surface area contributed by atoms with Crippen molar-refractivity contribution in [1.82, 2.24) is 0 Å². The smallest absolute Gasteiger partial charge is 0.339 e. The van der Waals surface area contributed by atoms with Gasteiger partial charge >= 0.3 is 5.97 Å². The maximum Gasteiger partial charge on any atom is 0.339 e. The molecular weight excluding hydrogens is 454 g/mol. The van der Waals surface area contributed by atoms with E-state index >= 15 is 0 Å². The van der Waals surface area contributed by atoms with Crippen LogP contribution in [-0.4, -0.2) is 23.6 Å². The number of nitrogens with zero attached hydrogens (tertiary/aromatic N) is 1. The number of ketones is 1. The maximum absolute atomic E-state index is 13.3. The molecule has 1 aliphatic heterocycles. The summed E-state index contributed by atoms with van der Waals surface area (Å²) < 4.78 is 5.73. The molecule has 36 heavy (non-hydrogen) atoms. The van der Waals surface area contributed by atoms with Gasteiger partial charge in [0.05, 0.1) is 22.4 Å². The van der Waals surface area contributed by atoms with Gasteiger partial charge in [-0.05, 0) is 37.3 Å². The molecular formula is C30H21NO5. The second-order valence-corrected chi connectivity index (χ2v) is 8.47. The summed E-state index contributed by atoms with van der Waals surface area (Å²) in [6.07, 6.45) is -1.16. The molecule has 1 aliphatic rings. The Morgan fingerprint density at radius 3 is 1.94 bits per heavy atom. The fourth-order valence-electron chi connectivity index (χ4n) is 4.14. The Morgan fingerprint density at radius 2 is 1.31 bits per heavy atom. The quantitative estimate of drug-likeness (QED) is 0.207. The van der Waals surface area contributed by atoms with Crippen LogP contribution in [0.3, 0.4) is 0 Å². The van der Waals surface area contributed by atoms with Crippen LogP contribution in [0.4, 0.5) is 5.69 Å². The summed E-state index contributed by atoms with van der Waals surface area (Å²) in [6.45, 7) is 1.92. The number of amides is 2. The molecule has 2 amide bonds. The third-order valence-corrected chi connectivity index (χ3v) is 6.04. The summed E-state index contributed by atoms with van der Waals surface area (Å²) in [7, 11) is 0. The van der Waals surface area contributed by atoms with Crippen molar-refractivity contribution in [3.63, 3.8) is 0 Å². The number of rotatable bonds is 6. The largest absolute Gasteiger partial charge is 0.445 e. The molecule has 0 aromatic heterocycles. The number of fused-ring (bicyclic) bond motifs is 1. The maximum atomic E-state index is 13.3. The number of carbonyl (C=O) groups excluding carboxylic acids is 4. The van der Waals surface area contributed by atoms with E-state index in [0.717, 1.165) is 10.5 Å². The zero-order chi connectivity index (χ0) is 25.2. The van der Waals surface area contributed by atoms with E-state index in [-0.39, 0.29) is 17.0 Å². The lowest BCUT2D eigenvalue weighted by Crippen LogP contribution is -2.29. The Hall–Kier alpha value is -4.84. The highest BCUT2D eigenvalue weighted by molar-refractivity contribution is 6.34. The number of imide groups is 1. The lowest BCUT2D eigenvalue weighted by molar-refractivity contribution is 0.0280. The molecule has 1 unspecified atom stereocenters. The minimum atomic E-state index is -1.16. The van der Waals surface area contributed by atoms with Crippen molar-refractivity contribution in [2.75, 3.05) is 4.90 Å². The van der Waals surface area contributed by atoms with E-state index in [1.165, 1.54) is 12.1 Å². The van der Waals surface area contributed by atoms with Gasteiger partial charge < -0.3 is 4.74 Å². The molecule has 0 saturated heterocycles. The number of esters is 1. The Labute approximate surface area is 207 Å². The molecule has 0 bridgehead atoms. The second kappa shape index (κ2) is 9.43. The summed E-state index contributed by atoms with van der Waals surface area (Å²) in [4.78, 5) is 53.3. The predicted octanol–water partition coefficient (Wildman–Crippen LogP) is 5.58. The number of benzene rings is 4. The highest BCUT2D eigenvalue weighted by atomic mass is 16.5. The molecule has 0 saturated carbocycles. The number of Topliss-reactive ketones (excluding diaryl/α,β-unsaturated/α-hetero) is 1. The van der Waals surface area contributed by atoms with Crippen LogP contribution in [0.25, 0.3) is 0 Å². The van der Waals surface area contributed by atoms with E-state index < -0.39 is 23.9 Å². The molecule has 6 heteroatoms. The van der Waals surface area contributed by atoms with Crippen LogP contribution >= 0.6 is 0 Å². The standard InChI is InChI=1S/C30H21NO5/c1-19-14-16-20(17-15-19)26(32)27(21-8-3-2-4-9-21)36-30(35)22-10-7-11-23(18-22)31-28(33)24-12-5-6-13-25(24)29(31)34/h2-18,27H,1H3. The van der Waals surface area contributed by atoms with Crippen molar-refractivity contribution in [3.8, 4) is 0 Å². The monoisotopic (exact) mass is 475 g/mol. The van der Waals surface area contributed by atoms with E-state index in [9.17, 15) is 19.2 Å². The third kappa shape index (κ3) is 4.20. The van der Waals surface area contributed by atoms with Crippen molar-refractivity contribution in [3.05, 3.63) is 137 Å². The Kier molecular flexibility index (Phi) is 6.00. The van der Waals surface area contributed by atoms with Gasteiger partial charge in [0.2, 0.25) is 5.78 Å². The number of hydrogen-bond acceptors (Lipinski definition) is 5. The molecule has 4 aromatic rings. The van der Waals surface area contributed by atoms with Crippen molar-refractivity contribution in [1.29, 1.82) is 0 Å². The van der Waals surface area contributed by atoms with Crippen LogP contribution in [0.5, 0.6) is 0 Å². The van der Waals surface area contributed by atoms with Gasteiger partial charge in [-0.25, -0.2) is 9.69 Å². The van der Waals surface area contributed by atoms with Gasteiger partial charge in [0.1, 0.15) is 0 Å². The fourth-order valence-corrected chi connectivity index (χ4v) is 4.14. The topological polar surface area (TPSA) is 80.8 Å². The number of aryl methyl sites for hydroxylation is 1. The number of anilines is 1. The van der Waals surface area contributed by atoms with Gasteiger partial charge in [0.15, 0.2) is 6.10 Å². The van der Waals surface area contributed by atoms with Gasteiger partial charge in [0.25, 0.3) is 11.8 Å². The normalized spacial score (nSPS) is 13.3. The lowest BCUT2D eigenvalue weighted by Gasteiger charge is -2.19. The first-order chi connectivity index (χ1) is 17.4. The second-order valence-electron chi connectivity index (χ2n) is 8.47. The SMILES string of the molecule is Cc1ccc(C(=O)C(OC(=O)c2cccc(N3C(=O)c4ccccc4C3=O)c2)c2ccccc2)cc1. The molecule has 0 fully saturated rings. The summed E-state index contributed by atoms with van der Waals surface area (Å²) >= 11 is 0. The van der Waals surface area contributed by atoms with Crippen LogP contribution in [0, 0.1) is 6.92 Å². The van der Waals surface area contributed by atoms with E-state index in [4.69, 9.17) is 4.74 Å². The Morgan fingerprint density at radius 1 is 0.694 bits per heavy atom. The third-order valence-electron chi connectivity index (χ3n) is 6.04. The van der Waals surface area contributed by atoms with Crippen LogP contribution in [-0.2, 0) is 4.74 Å². The first-order valence-electron chi connectivity index (χ1n) is 11.4. The number of hydrogen-bond donors (Lipinski definition) is 0. The van der Waals surface area contributed by atoms with E-state index in [0.29, 0.717) is 22.3 Å². The first-order valence-corrected chi connectivity index (χ1v) is 11.4. The van der Waals surface area contributed by atoms with Crippen molar-refractivity contribution in [2.24, 2.45) is 0 Å². The van der Waals surface area contributed by atoms with Crippen LogP contribution in [0.1, 0.15) is 58.7 Å². The van der Waals surface area contributed by atoms with Crippen molar-refractivity contribution in [2.45, 2.75) is 13.0 Å². The zero-order valence-electron chi connectivity index (χ0n) is 19.4. The minimum absolute atomic E-state index is 0.113. The number of carbonyl (C=O) groups is 4. The number of ether oxygens (including phenoxy) is 1. The predicted molar refractivity (Wildman–Crippen MR) is 134 cm³/mol. The molecule has 1 heterocycles. The highest BCUT2D eigenvalue weighted by Crippen LogP contribution is 2.30. The van der Waals surface area contributed by atoms with Gasteiger partial charge in [-0.15, -0.1) is 0 Å². The van der Waals surface area contributed by atoms with Crippen LogP contribution < -0.4 is 4.90 Å². The van der Waals surface area contributed by atoms with E-state index in [1.807, 2.05) is 25.1 Å². The molecule has 176 valence electrons.